The second kappa shape index (κ2) is 3.00. The summed E-state index contributed by atoms with van der Waals surface area (Å²) < 4.78 is 33.6. The molecule has 1 atom stereocenters. The minimum atomic E-state index is -3.53. The third-order valence-electron chi connectivity index (χ3n) is 0.586. The summed E-state index contributed by atoms with van der Waals surface area (Å²) in [7, 11) is 0. The summed E-state index contributed by atoms with van der Waals surface area (Å²) in [6.45, 7) is 0. The number of hydrogen-bond donors (Lipinski definition) is 0. The van der Waals surface area contributed by atoms with Crippen molar-refractivity contribution in [2.24, 2.45) is 0 Å². The average molecular weight is 288 g/mol. The topological polar surface area (TPSA) is 0 Å². The highest BCUT2D eigenvalue weighted by Gasteiger charge is 2.50. The highest BCUT2D eigenvalue weighted by molar-refractivity contribution is 9.14. The van der Waals surface area contributed by atoms with Crippen molar-refractivity contribution in [3.63, 3.8) is 0 Å². The fourth-order valence-corrected chi connectivity index (χ4v) is 0.833. The lowest BCUT2D eigenvalue weighted by atomic mass is 10.8. The minimum absolute atomic E-state index is 0.387. The maximum atomic E-state index is 12.4. The van der Waals surface area contributed by atoms with Gasteiger partial charge < -0.3 is 0 Å². The third-order valence-corrected chi connectivity index (χ3v) is 4.17. The first-order chi connectivity index (χ1) is 3.81. The lowest BCUT2D eigenvalue weighted by Gasteiger charge is -2.20. The molecule has 0 amide bonds. The van der Waals surface area contributed by atoms with Gasteiger partial charge in [-0.05, 0) is 38.1 Å². The lowest BCUT2D eigenvalue weighted by molar-refractivity contribution is 0.0521. The first-order valence-corrected chi connectivity index (χ1v) is 4.62. The molecule has 0 aromatic heterocycles. The molecule has 0 saturated heterocycles. The van der Waals surface area contributed by atoms with Gasteiger partial charge in [-0.3, -0.25) is 0 Å². The lowest BCUT2D eigenvalue weighted by Crippen LogP contribution is -2.28. The summed E-state index contributed by atoms with van der Waals surface area (Å²) in [5, 5.41) is 0. The summed E-state index contributed by atoms with van der Waals surface area (Å²) in [4.78, 5) is -3.53. The van der Waals surface area contributed by atoms with E-state index in [0.717, 1.165) is 0 Å². The normalized spacial score (nSPS) is 19.3. The summed E-state index contributed by atoms with van der Waals surface area (Å²) in [6.07, 6.45) is 1.24. The Balaban J connectivity index is 4.14. The van der Waals surface area contributed by atoms with Crippen LogP contribution in [-0.2, 0) is 0 Å². The van der Waals surface area contributed by atoms with Crippen LogP contribution in [0.5, 0.6) is 0 Å². The Hall–Kier alpha value is 1.10. The van der Waals surface area contributed by atoms with Gasteiger partial charge in [-0.25, -0.2) is 4.39 Å². The smallest absolute Gasteiger partial charge is 0.211 e. The van der Waals surface area contributed by atoms with Crippen LogP contribution in [0.1, 0.15) is 0 Å². The molecule has 1 unspecified atom stereocenters. The molecule has 0 N–H and O–H groups in total. The fourth-order valence-electron chi connectivity index (χ4n) is 0.116. The highest BCUT2D eigenvalue weighted by atomic mass is 79.9. The van der Waals surface area contributed by atoms with Gasteiger partial charge in [0.15, 0.2) is 0 Å². The molecule has 9 heavy (non-hydrogen) atoms. The van der Waals surface area contributed by atoms with E-state index in [4.69, 9.17) is 0 Å². The molecule has 0 rings (SSSR count). The van der Waals surface area contributed by atoms with E-state index in [0.29, 0.717) is 11.8 Å². The summed E-state index contributed by atoms with van der Waals surface area (Å²) in [6, 6.07) is 0. The average Bonchev–Trinajstić information content (AvgIpc) is 1.64. The molecule has 0 radical (unpaired) electrons. The Morgan fingerprint density at radius 2 is 1.56 bits per heavy atom. The molecule has 0 aliphatic rings. The Labute approximate surface area is 71.8 Å². The van der Waals surface area contributed by atoms with Crippen LogP contribution in [0, 0.1) is 0 Å². The third kappa shape index (κ3) is 2.67. The van der Waals surface area contributed by atoms with Crippen molar-refractivity contribution >= 4 is 43.6 Å². The first-order valence-electron chi connectivity index (χ1n) is 1.81. The van der Waals surface area contributed by atoms with Crippen LogP contribution < -0.4 is 0 Å². The number of halogens is 5. The largest absolute Gasteiger partial charge is 0.353 e. The van der Waals surface area contributed by atoms with Gasteiger partial charge >= 0.3 is 4.83 Å². The minimum Gasteiger partial charge on any atom is -0.211 e. The number of thioether (sulfide) groups is 1. The van der Waals surface area contributed by atoms with E-state index in [9.17, 15) is 13.2 Å². The SMILES string of the molecule is CSC(F)(Br)C(F)(F)Br. The molecule has 0 aromatic rings. The molecule has 0 fully saturated rings. The van der Waals surface area contributed by atoms with Gasteiger partial charge in [-0.1, -0.05) is 0 Å². The quantitative estimate of drug-likeness (QED) is 0.702. The van der Waals surface area contributed by atoms with Gasteiger partial charge in [-0.15, -0.1) is 11.8 Å². The van der Waals surface area contributed by atoms with Crippen molar-refractivity contribution in [3.8, 4) is 0 Å². The zero-order chi connectivity index (χ0) is 7.71. The standard InChI is InChI=1S/C3H3Br2F3S/c1-9-3(5,8)2(4,6)7/h1H3. The molecule has 0 aromatic carbocycles. The molecule has 0 saturated carbocycles. The van der Waals surface area contributed by atoms with Gasteiger partial charge in [0.2, 0.25) is 0 Å². The van der Waals surface area contributed by atoms with Crippen LogP contribution in [0.4, 0.5) is 13.2 Å². The number of alkyl halides is 5. The maximum Gasteiger partial charge on any atom is 0.353 e. The van der Waals surface area contributed by atoms with Gasteiger partial charge in [0.05, 0.1) is 0 Å². The second-order valence-corrected chi connectivity index (χ2v) is 4.80. The van der Waals surface area contributed by atoms with Crippen molar-refractivity contribution in [2.45, 2.75) is 8.74 Å². The van der Waals surface area contributed by atoms with Crippen molar-refractivity contribution in [1.29, 1.82) is 0 Å². The van der Waals surface area contributed by atoms with Crippen LogP contribution >= 0.6 is 43.6 Å². The van der Waals surface area contributed by atoms with Crippen molar-refractivity contribution in [2.75, 3.05) is 6.26 Å². The molecular formula is C3H3Br2F3S. The Morgan fingerprint density at radius 1 is 1.22 bits per heavy atom. The van der Waals surface area contributed by atoms with Gasteiger partial charge in [0.25, 0.3) is 3.91 Å². The zero-order valence-electron chi connectivity index (χ0n) is 4.30. The summed E-state index contributed by atoms with van der Waals surface area (Å²) >= 11 is 4.47. The van der Waals surface area contributed by atoms with E-state index < -0.39 is 8.74 Å². The van der Waals surface area contributed by atoms with Crippen LogP contribution in [0.15, 0.2) is 0 Å². The second-order valence-electron chi connectivity index (χ2n) is 1.22. The molecular weight excluding hydrogens is 285 g/mol. The fraction of sp³-hybridized carbons (Fsp3) is 1.00. The van der Waals surface area contributed by atoms with E-state index in [-0.39, 0.29) is 0 Å². The predicted molar refractivity (Wildman–Crippen MR) is 40.2 cm³/mol. The van der Waals surface area contributed by atoms with Crippen molar-refractivity contribution in [3.05, 3.63) is 0 Å². The van der Waals surface area contributed by atoms with E-state index >= 15 is 0 Å². The Kier molecular flexibility index (Phi) is 3.37. The predicted octanol–water partition coefficient (Wildman–Crippen LogP) is 3.36. The molecule has 0 nitrogen and oxygen atoms in total. The summed E-state index contributed by atoms with van der Waals surface area (Å²) in [5.41, 5.74) is 0. The van der Waals surface area contributed by atoms with Crippen LogP contribution in [0.25, 0.3) is 0 Å². The zero-order valence-corrected chi connectivity index (χ0v) is 8.29. The van der Waals surface area contributed by atoms with Crippen molar-refractivity contribution in [1.82, 2.24) is 0 Å². The maximum absolute atomic E-state index is 12.4. The summed E-state index contributed by atoms with van der Waals surface area (Å²) in [5.74, 6) is 0. The van der Waals surface area contributed by atoms with E-state index in [1.54, 1.807) is 0 Å². The molecule has 6 heteroatoms. The van der Waals surface area contributed by atoms with Crippen LogP contribution in [-0.4, -0.2) is 15.0 Å². The van der Waals surface area contributed by atoms with Crippen LogP contribution in [0.3, 0.4) is 0 Å². The molecule has 0 aliphatic heterocycles. The number of hydrogen-bond acceptors (Lipinski definition) is 1. The molecule has 0 aliphatic carbocycles. The van der Waals surface area contributed by atoms with E-state index in [2.05, 4.69) is 15.9 Å². The van der Waals surface area contributed by atoms with E-state index in [1.807, 2.05) is 15.9 Å². The van der Waals surface area contributed by atoms with E-state index in [1.165, 1.54) is 6.26 Å². The first kappa shape index (κ1) is 10.1. The Bertz CT molecular complexity index is 99.7. The van der Waals surface area contributed by atoms with Crippen molar-refractivity contribution < 1.29 is 13.2 Å². The van der Waals surface area contributed by atoms with Gasteiger partial charge in [0, 0.05) is 0 Å². The van der Waals surface area contributed by atoms with Gasteiger partial charge in [0.1, 0.15) is 0 Å². The molecule has 0 heterocycles. The molecule has 0 bridgehead atoms. The van der Waals surface area contributed by atoms with Gasteiger partial charge in [-0.2, -0.15) is 8.78 Å². The van der Waals surface area contributed by atoms with Crippen LogP contribution in [0.2, 0.25) is 0 Å². The highest BCUT2D eigenvalue weighted by Crippen LogP contribution is 2.49. The number of rotatable bonds is 2. The molecule has 56 valence electrons. The Morgan fingerprint density at radius 3 is 1.56 bits per heavy atom. The molecule has 0 spiro atoms. The monoisotopic (exact) mass is 286 g/mol.